The highest BCUT2D eigenvalue weighted by Crippen LogP contribution is 2.08. The standard InChI is InChI=1S/C9H17NO/c1-7(2)6-9(11)8(3)4-5-10/h8H,1,4-6,10H2,2-3H3. The predicted octanol–water partition coefficient (Wildman–Crippen LogP) is 1.51. The molecule has 0 aromatic carbocycles. The highest BCUT2D eigenvalue weighted by Gasteiger charge is 2.10. The second kappa shape index (κ2) is 5.08. The Balaban J connectivity index is 3.73. The molecular weight excluding hydrogens is 138 g/mol. The normalized spacial score (nSPS) is 12.6. The first-order chi connectivity index (χ1) is 5.07. The Labute approximate surface area is 68.5 Å². The zero-order valence-corrected chi connectivity index (χ0v) is 7.39. The van der Waals surface area contributed by atoms with Crippen molar-refractivity contribution in [3.8, 4) is 0 Å². The Bertz CT molecular complexity index is 152. The Hall–Kier alpha value is -0.630. The van der Waals surface area contributed by atoms with E-state index in [1.165, 1.54) is 0 Å². The highest BCUT2D eigenvalue weighted by atomic mass is 16.1. The molecule has 0 saturated heterocycles. The summed E-state index contributed by atoms with van der Waals surface area (Å²) in [4.78, 5) is 11.2. The van der Waals surface area contributed by atoms with E-state index in [4.69, 9.17) is 5.73 Å². The lowest BCUT2D eigenvalue weighted by Gasteiger charge is -2.07. The molecule has 0 rings (SSSR count). The lowest BCUT2D eigenvalue weighted by atomic mass is 9.98. The van der Waals surface area contributed by atoms with Crippen LogP contribution >= 0.6 is 0 Å². The van der Waals surface area contributed by atoms with Crippen molar-refractivity contribution in [3.05, 3.63) is 12.2 Å². The van der Waals surface area contributed by atoms with E-state index < -0.39 is 0 Å². The fraction of sp³-hybridized carbons (Fsp3) is 0.667. The van der Waals surface area contributed by atoms with E-state index in [1.54, 1.807) is 0 Å². The lowest BCUT2D eigenvalue weighted by Crippen LogP contribution is -2.15. The van der Waals surface area contributed by atoms with Crippen LogP contribution in [0.3, 0.4) is 0 Å². The topological polar surface area (TPSA) is 43.1 Å². The first kappa shape index (κ1) is 10.4. The molecule has 0 saturated carbocycles. The lowest BCUT2D eigenvalue weighted by molar-refractivity contribution is -0.121. The molecular formula is C9H17NO. The number of carbonyl (C=O) groups excluding carboxylic acids is 1. The monoisotopic (exact) mass is 155 g/mol. The van der Waals surface area contributed by atoms with Gasteiger partial charge in [0.05, 0.1) is 0 Å². The average molecular weight is 155 g/mol. The SMILES string of the molecule is C=C(C)CC(=O)C(C)CCN. The highest BCUT2D eigenvalue weighted by molar-refractivity contribution is 5.82. The minimum absolute atomic E-state index is 0.0942. The van der Waals surface area contributed by atoms with Crippen molar-refractivity contribution < 1.29 is 4.79 Å². The van der Waals surface area contributed by atoms with Gasteiger partial charge in [-0.15, -0.1) is 0 Å². The van der Waals surface area contributed by atoms with Crippen LogP contribution in [-0.4, -0.2) is 12.3 Å². The first-order valence-electron chi connectivity index (χ1n) is 3.95. The molecule has 0 aliphatic rings. The molecule has 0 aromatic heterocycles. The van der Waals surface area contributed by atoms with Crippen LogP contribution in [0, 0.1) is 5.92 Å². The molecule has 2 nitrogen and oxygen atoms in total. The molecule has 0 fully saturated rings. The maximum Gasteiger partial charge on any atom is 0.139 e. The molecule has 2 N–H and O–H groups in total. The molecule has 0 aliphatic heterocycles. The Morgan fingerprint density at radius 1 is 1.64 bits per heavy atom. The van der Waals surface area contributed by atoms with Crippen LogP contribution in [0.1, 0.15) is 26.7 Å². The van der Waals surface area contributed by atoms with Gasteiger partial charge in [0.1, 0.15) is 5.78 Å². The number of hydrogen-bond donors (Lipinski definition) is 1. The molecule has 64 valence electrons. The quantitative estimate of drug-likeness (QED) is 0.611. The van der Waals surface area contributed by atoms with Gasteiger partial charge in [0, 0.05) is 12.3 Å². The third kappa shape index (κ3) is 4.73. The van der Waals surface area contributed by atoms with Gasteiger partial charge in [-0.25, -0.2) is 0 Å². The Kier molecular flexibility index (Phi) is 4.79. The summed E-state index contributed by atoms with van der Waals surface area (Å²) in [6.45, 7) is 8.05. The summed E-state index contributed by atoms with van der Waals surface area (Å²) in [5, 5.41) is 0. The predicted molar refractivity (Wildman–Crippen MR) is 47.3 cm³/mol. The molecule has 2 heteroatoms. The molecule has 0 amide bonds. The summed E-state index contributed by atoms with van der Waals surface area (Å²) >= 11 is 0. The fourth-order valence-corrected chi connectivity index (χ4v) is 0.883. The largest absolute Gasteiger partial charge is 0.330 e. The van der Waals surface area contributed by atoms with E-state index in [1.807, 2.05) is 13.8 Å². The van der Waals surface area contributed by atoms with Crippen molar-refractivity contribution in [1.29, 1.82) is 0 Å². The van der Waals surface area contributed by atoms with Crippen LogP contribution in [0.5, 0.6) is 0 Å². The van der Waals surface area contributed by atoms with Gasteiger partial charge in [0.15, 0.2) is 0 Å². The molecule has 0 heterocycles. The van der Waals surface area contributed by atoms with Crippen molar-refractivity contribution in [1.82, 2.24) is 0 Å². The molecule has 1 atom stereocenters. The maximum absolute atomic E-state index is 11.2. The van der Waals surface area contributed by atoms with Gasteiger partial charge >= 0.3 is 0 Å². The summed E-state index contributed by atoms with van der Waals surface area (Å²) in [5.74, 6) is 0.347. The summed E-state index contributed by atoms with van der Waals surface area (Å²) in [7, 11) is 0. The number of allylic oxidation sites excluding steroid dienone is 1. The van der Waals surface area contributed by atoms with Crippen molar-refractivity contribution >= 4 is 5.78 Å². The fourth-order valence-electron chi connectivity index (χ4n) is 0.883. The van der Waals surface area contributed by atoms with Crippen molar-refractivity contribution in [2.45, 2.75) is 26.7 Å². The molecule has 0 aliphatic carbocycles. The maximum atomic E-state index is 11.2. The van der Waals surface area contributed by atoms with E-state index >= 15 is 0 Å². The number of Topliss-reactive ketones (excluding diaryl/α,β-unsaturated/α-hetero) is 1. The van der Waals surface area contributed by atoms with E-state index in [2.05, 4.69) is 6.58 Å². The molecule has 11 heavy (non-hydrogen) atoms. The number of carbonyl (C=O) groups is 1. The van der Waals surface area contributed by atoms with E-state index in [0.29, 0.717) is 13.0 Å². The Morgan fingerprint density at radius 2 is 2.18 bits per heavy atom. The van der Waals surface area contributed by atoms with Gasteiger partial charge in [-0.05, 0) is 19.9 Å². The Morgan fingerprint density at radius 3 is 2.55 bits per heavy atom. The van der Waals surface area contributed by atoms with E-state index in [0.717, 1.165) is 12.0 Å². The van der Waals surface area contributed by atoms with E-state index in [9.17, 15) is 4.79 Å². The van der Waals surface area contributed by atoms with Crippen LogP contribution in [-0.2, 0) is 4.79 Å². The number of rotatable bonds is 5. The summed E-state index contributed by atoms with van der Waals surface area (Å²) in [5.41, 5.74) is 6.25. The van der Waals surface area contributed by atoms with Crippen molar-refractivity contribution in [2.24, 2.45) is 11.7 Å². The smallest absolute Gasteiger partial charge is 0.139 e. The van der Waals surface area contributed by atoms with Crippen LogP contribution in [0.2, 0.25) is 0 Å². The number of hydrogen-bond acceptors (Lipinski definition) is 2. The van der Waals surface area contributed by atoms with Crippen molar-refractivity contribution in [2.75, 3.05) is 6.54 Å². The van der Waals surface area contributed by atoms with Crippen LogP contribution in [0.15, 0.2) is 12.2 Å². The third-order valence-electron chi connectivity index (χ3n) is 1.63. The number of ketones is 1. The summed E-state index contributed by atoms with van der Waals surface area (Å²) in [6.07, 6.45) is 1.28. The van der Waals surface area contributed by atoms with Gasteiger partial charge < -0.3 is 5.73 Å². The van der Waals surface area contributed by atoms with Gasteiger partial charge in [-0.3, -0.25) is 4.79 Å². The molecule has 0 spiro atoms. The molecule has 0 aromatic rings. The van der Waals surface area contributed by atoms with Gasteiger partial charge in [0.2, 0.25) is 0 Å². The average Bonchev–Trinajstić information content (AvgIpc) is 1.86. The minimum atomic E-state index is 0.0942. The minimum Gasteiger partial charge on any atom is -0.330 e. The van der Waals surface area contributed by atoms with Gasteiger partial charge in [-0.1, -0.05) is 19.1 Å². The summed E-state index contributed by atoms with van der Waals surface area (Å²) < 4.78 is 0. The van der Waals surface area contributed by atoms with Crippen molar-refractivity contribution in [3.63, 3.8) is 0 Å². The second-order valence-corrected chi connectivity index (χ2v) is 3.08. The third-order valence-corrected chi connectivity index (χ3v) is 1.63. The first-order valence-corrected chi connectivity index (χ1v) is 3.95. The zero-order valence-electron chi connectivity index (χ0n) is 7.39. The van der Waals surface area contributed by atoms with E-state index in [-0.39, 0.29) is 11.7 Å². The molecule has 1 unspecified atom stereocenters. The summed E-state index contributed by atoms with van der Waals surface area (Å²) in [6, 6.07) is 0. The molecule has 0 bridgehead atoms. The molecule has 0 radical (unpaired) electrons. The van der Waals surface area contributed by atoms with Gasteiger partial charge in [-0.2, -0.15) is 0 Å². The second-order valence-electron chi connectivity index (χ2n) is 3.08. The zero-order chi connectivity index (χ0) is 8.85. The van der Waals surface area contributed by atoms with Crippen LogP contribution in [0.25, 0.3) is 0 Å². The van der Waals surface area contributed by atoms with Crippen LogP contribution in [0.4, 0.5) is 0 Å². The van der Waals surface area contributed by atoms with Crippen LogP contribution < -0.4 is 5.73 Å². The van der Waals surface area contributed by atoms with Gasteiger partial charge in [0.25, 0.3) is 0 Å². The number of nitrogens with two attached hydrogens (primary N) is 1.